The minimum atomic E-state index is -3.44. The molecule has 0 radical (unpaired) electrons. The monoisotopic (exact) mass is 482 g/mol. The summed E-state index contributed by atoms with van der Waals surface area (Å²) in [6.07, 6.45) is 10.9. The predicted molar refractivity (Wildman–Crippen MR) is 127 cm³/mol. The van der Waals surface area contributed by atoms with Crippen LogP contribution in [-0.2, 0) is 16.6 Å². The smallest absolute Gasteiger partial charge is 0.270 e. The van der Waals surface area contributed by atoms with Gasteiger partial charge in [-0.05, 0) is 43.5 Å². The van der Waals surface area contributed by atoms with E-state index in [2.05, 4.69) is 30.0 Å². The Hall–Kier alpha value is -3.60. The first-order valence-corrected chi connectivity index (χ1v) is 12.6. The third kappa shape index (κ3) is 5.84. The number of pyridine rings is 2. The molecule has 10 nitrogen and oxygen atoms in total. The van der Waals surface area contributed by atoms with Gasteiger partial charge in [0.1, 0.15) is 5.69 Å². The van der Waals surface area contributed by atoms with Crippen molar-refractivity contribution in [3.8, 4) is 17.1 Å². The molecule has 0 unspecified atom stereocenters. The van der Waals surface area contributed by atoms with E-state index in [1.54, 1.807) is 36.8 Å². The van der Waals surface area contributed by atoms with Crippen molar-refractivity contribution in [2.45, 2.75) is 44.4 Å². The lowest BCUT2D eigenvalue weighted by Gasteiger charge is -2.14. The summed E-state index contributed by atoms with van der Waals surface area (Å²) in [7, 11) is -3.44. The Morgan fingerprint density at radius 1 is 1.09 bits per heavy atom. The number of ether oxygens (including phenoxy) is 1. The van der Waals surface area contributed by atoms with Gasteiger partial charge in [-0.1, -0.05) is 12.8 Å². The average molecular weight is 483 g/mol. The maximum absolute atomic E-state index is 12.5. The number of rotatable bonds is 9. The topological polar surface area (TPSA) is 136 Å². The van der Waals surface area contributed by atoms with E-state index >= 15 is 0 Å². The molecule has 11 heteroatoms. The molecule has 4 rings (SSSR count). The Morgan fingerprint density at radius 3 is 2.62 bits per heavy atom. The van der Waals surface area contributed by atoms with Gasteiger partial charge in [-0.25, -0.2) is 13.4 Å². The molecule has 178 valence electrons. The molecule has 2 N–H and O–H groups in total. The van der Waals surface area contributed by atoms with Crippen molar-refractivity contribution in [2.75, 3.05) is 11.3 Å². The third-order valence-corrected chi connectivity index (χ3v) is 7.31. The summed E-state index contributed by atoms with van der Waals surface area (Å²) < 4.78 is 33.0. The van der Waals surface area contributed by atoms with E-state index in [0.29, 0.717) is 47.8 Å². The zero-order valence-electron chi connectivity index (χ0n) is 18.8. The number of hydrogen-bond donors (Lipinski definition) is 2. The van der Waals surface area contributed by atoms with Crippen molar-refractivity contribution in [1.29, 1.82) is 0 Å². The number of nitrogens with zero attached hydrogens (tertiary/aromatic N) is 4. The van der Waals surface area contributed by atoms with Gasteiger partial charge >= 0.3 is 0 Å². The van der Waals surface area contributed by atoms with Gasteiger partial charge < -0.3 is 10.1 Å². The maximum atomic E-state index is 12.5. The van der Waals surface area contributed by atoms with Crippen LogP contribution in [0.5, 0.6) is 5.88 Å². The van der Waals surface area contributed by atoms with Crippen LogP contribution < -0.4 is 14.8 Å². The highest BCUT2D eigenvalue weighted by molar-refractivity contribution is 7.93. The number of hydrogen-bond acceptors (Lipinski definition) is 8. The van der Waals surface area contributed by atoms with Crippen LogP contribution in [0.15, 0.2) is 49.2 Å². The summed E-state index contributed by atoms with van der Waals surface area (Å²) in [6, 6.07) is 5.01. The van der Waals surface area contributed by atoms with Gasteiger partial charge in [0.2, 0.25) is 15.9 Å². The van der Waals surface area contributed by atoms with Crippen molar-refractivity contribution < 1.29 is 17.9 Å². The normalized spacial score (nSPS) is 14.0. The minimum absolute atomic E-state index is 0.177. The molecule has 0 spiro atoms. The van der Waals surface area contributed by atoms with Crippen LogP contribution in [0.25, 0.3) is 11.3 Å². The molecule has 1 saturated carbocycles. The summed E-state index contributed by atoms with van der Waals surface area (Å²) in [6.45, 7) is 2.53. The number of nitrogens with one attached hydrogen (secondary N) is 2. The molecule has 3 aromatic rings. The number of aromatic nitrogens is 4. The number of anilines is 1. The van der Waals surface area contributed by atoms with Crippen molar-refractivity contribution in [3.63, 3.8) is 0 Å². The van der Waals surface area contributed by atoms with Crippen molar-refractivity contribution in [2.24, 2.45) is 0 Å². The summed E-state index contributed by atoms with van der Waals surface area (Å²) in [5.41, 5.74) is 2.59. The van der Waals surface area contributed by atoms with Gasteiger partial charge in [0.05, 0.1) is 41.8 Å². The van der Waals surface area contributed by atoms with Gasteiger partial charge in [0.25, 0.3) is 5.91 Å². The fourth-order valence-corrected chi connectivity index (χ4v) is 5.30. The van der Waals surface area contributed by atoms with Gasteiger partial charge in [-0.3, -0.25) is 24.5 Å². The van der Waals surface area contributed by atoms with E-state index in [-0.39, 0.29) is 23.4 Å². The second kappa shape index (κ2) is 10.6. The van der Waals surface area contributed by atoms with Gasteiger partial charge in [-0.2, -0.15) is 0 Å². The molecule has 1 aliphatic carbocycles. The summed E-state index contributed by atoms with van der Waals surface area (Å²) in [4.78, 5) is 29.3. The highest BCUT2D eigenvalue weighted by Gasteiger charge is 2.28. The van der Waals surface area contributed by atoms with Crippen LogP contribution in [0, 0.1) is 0 Å². The second-order valence-corrected chi connectivity index (χ2v) is 9.89. The molecule has 1 amide bonds. The van der Waals surface area contributed by atoms with Crippen LogP contribution in [0.1, 0.15) is 48.7 Å². The van der Waals surface area contributed by atoms with Crippen LogP contribution in [-0.4, -0.2) is 46.1 Å². The van der Waals surface area contributed by atoms with E-state index < -0.39 is 10.0 Å². The third-order valence-electron chi connectivity index (χ3n) is 5.45. The molecule has 3 heterocycles. The SMILES string of the molecule is CCOc1cncc(-c2ccc(C(=O)NCc3cncc(NS(=O)(=O)C4CCCC4)c3)nc2)n1. The number of sulfonamides is 1. The number of carbonyl (C=O) groups is 1. The summed E-state index contributed by atoms with van der Waals surface area (Å²) in [5.74, 6) is 0.0563. The Labute approximate surface area is 198 Å². The molecule has 1 fully saturated rings. The zero-order chi connectivity index (χ0) is 24.0. The Morgan fingerprint density at radius 2 is 1.88 bits per heavy atom. The van der Waals surface area contributed by atoms with E-state index in [4.69, 9.17) is 4.74 Å². The number of amides is 1. The fourth-order valence-electron chi connectivity index (χ4n) is 3.74. The number of carbonyl (C=O) groups excluding carboxylic acids is 1. The lowest BCUT2D eigenvalue weighted by molar-refractivity contribution is 0.0946. The Balaban J connectivity index is 1.36. The molecule has 3 aromatic heterocycles. The first-order valence-electron chi connectivity index (χ1n) is 11.1. The molecule has 0 aliphatic heterocycles. The van der Waals surface area contributed by atoms with Crippen molar-refractivity contribution in [3.05, 3.63) is 60.4 Å². The Bertz CT molecular complexity index is 1240. The van der Waals surface area contributed by atoms with E-state index in [9.17, 15) is 13.2 Å². The standard InChI is InChI=1S/C23H26N6O4S/c1-2-33-22-15-25-14-21(28-22)17-7-8-20(26-12-17)23(30)27-11-16-9-18(13-24-10-16)29-34(31,32)19-5-3-4-6-19/h7-10,12-15,19,29H,2-6,11H2,1H3,(H,27,30). The van der Waals surface area contributed by atoms with E-state index in [1.165, 1.54) is 12.4 Å². The average Bonchev–Trinajstić information content (AvgIpc) is 3.39. The molecular formula is C23H26N6O4S. The molecule has 0 atom stereocenters. The van der Waals surface area contributed by atoms with E-state index in [0.717, 1.165) is 12.8 Å². The molecule has 0 saturated heterocycles. The fraction of sp³-hybridized carbons (Fsp3) is 0.348. The molecule has 0 bridgehead atoms. The van der Waals surface area contributed by atoms with Gasteiger partial charge in [0, 0.05) is 24.5 Å². The molecule has 34 heavy (non-hydrogen) atoms. The zero-order valence-corrected chi connectivity index (χ0v) is 19.6. The van der Waals surface area contributed by atoms with Crippen molar-refractivity contribution >= 4 is 21.6 Å². The van der Waals surface area contributed by atoms with Crippen LogP contribution in [0.4, 0.5) is 5.69 Å². The minimum Gasteiger partial charge on any atom is -0.477 e. The summed E-state index contributed by atoms with van der Waals surface area (Å²) >= 11 is 0. The highest BCUT2D eigenvalue weighted by Crippen LogP contribution is 2.26. The van der Waals surface area contributed by atoms with Crippen molar-refractivity contribution in [1.82, 2.24) is 25.3 Å². The molecule has 1 aliphatic rings. The van der Waals surface area contributed by atoms with Crippen LogP contribution >= 0.6 is 0 Å². The first-order chi connectivity index (χ1) is 16.4. The van der Waals surface area contributed by atoms with Crippen LogP contribution in [0.3, 0.4) is 0 Å². The van der Waals surface area contributed by atoms with Gasteiger partial charge in [-0.15, -0.1) is 0 Å². The molecule has 0 aromatic carbocycles. The highest BCUT2D eigenvalue weighted by atomic mass is 32.2. The lowest BCUT2D eigenvalue weighted by atomic mass is 10.2. The summed E-state index contributed by atoms with van der Waals surface area (Å²) in [5, 5.41) is 2.42. The largest absolute Gasteiger partial charge is 0.477 e. The second-order valence-electron chi connectivity index (χ2n) is 7.93. The van der Waals surface area contributed by atoms with E-state index in [1.807, 2.05) is 6.92 Å². The van der Waals surface area contributed by atoms with Gasteiger partial charge in [0.15, 0.2) is 0 Å². The lowest BCUT2D eigenvalue weighted by Crippen LogP contribution is -2.26. The quantitative estimate of drug-likeness (QED) is 0.475. The Kier molecular flexibility index (Phi) is 7.31. The molecular weight excluding hydrogens is 456 g/mol. The predicted octanol–water partition coefficient (Wildman–Crippen LogP) is 2.95. The first kappa shape index (κ1) is 23.6. The van der Waals surface area contributed by atoms with Crippen LogP contribution in [0.2, 0.25) is 0 Å². The maximum Gasteiger partial charge on any atom is 0.270 e.